The fourth-order valence-corrected chi connectivity index (χ4v) is 9.13. The lowest BCUT2D eigenvalue weighted by Crippen LogP contribution is -2.48. The average Bonchev–Trinajstić information content (AvgIpc) is 3.73. The highest BCUT2D eigenvalue weighted by molar-refractivity contribution is 7.23. The number of anilines is 2. The van der Waals surface area contributed by atoms with Crippen LogP contribution >= 0.6 is 11.3 Å². The molecule has 7 rings (SSSR count). The third-order valence-corrected chi connectivity index (χ3v) is 11.2. The highest BCUT2D eigenvalue weighted by Crippen LogP contribution is 2.54. The Labute approximate surface area is 297 Å². The van der Waals surface area contributed by atoms with E-state index in [1.165, 1.54) is 6.92 Å². The van der Waals surface area contributed by atoms with Crippen molar-refractivity contribution in [2.45, 2.75) is 82.8 Å². The first-order chi connectivity index (χ1) is 24.6. The highest BCUT2D eigenvalue weighted by atomic mass is 32.1. The number of nitrogens with zero attached hydrogens (tertiary/aromatic N) is 5. The number of halogens is 7. The topological polar surface area (TPSA) is 107 Å². The van der Waals surface area contributed by atoms with E-state index in [1.807, 2.05) is 6.07 Å². The molecule has 5 heterocycles. The molecule has 0 amide bonds. The first kappa shape index (κ1) is 36.2. The summed E-state index contributed by atoms with van der Waals surface area (Å²) in [4.78, 5) is 11.8. The summed E-state index contributed by atoms with van der Waals surface area (Å²) in [6.45, 7) is 4.72. The molecule has 17 heteroatoms. The summed E-state index contributed by atoms with van der Waals surface area (Å²) in [6.07, 6.45) is -6.38. The number of fused-ring (bicyclic) bond motifs is 2. The van der Waals surface area contributed by atoms with Gasteiger partial charge in [0.05, 0.1) is 39.9 Å². The molecule has 2 N–H and O–H groups in total. The van der Waals surface area contributed by atoms with Crippen LogP contribution in [0.2, 0.25) is 0 Å². The predicted molar refractivity (Wildman–Crippen MR) is 181 cm³/mol. The van der Waals surface area contributed by atoms with Crippen LogP contribution in [0.3, 0.4) is 0 Å². The second-order valence-corrected chi connectivity index (χ2v) is 14.9. The smallest absolute Gasteiger partial charge is 0.420 e. The predicted octanol–water partition coefficient (Wildman–Crippen LogP) is 7.72. The van der Waals surface area contributed by atoms with E-state index >= 15 is 22.0 Å². The number of nitrogens with one attached hydrogen (secondary N) is 1. The number of rotatable bonds is 9. The Morgan fingerprint density at radius 3 is 2.46 bits per heavy atom. The fraction of sp³-hybridized carbons (Fsp3) is 0.514. The van der Waals surface area contributed by atoms with Crippen molar-refractivity contribution in [2.75, 3.05) is 43.1 Å². The van der Waals surface area contributed by atoms with Gasteiger partial charge in [-0.25, -0.2) is 17.6 Å². The molecule has 0 aliphatic carbocycles. The molecule has 2 atom stereocenters. The first-order valence-electron chi connectivity index (χ1n) is 16.9. The van der Waals surface area contributed by atoms with E-state index in [1.54, 1.807) is 13.8 Å². The van der Waals surface area contributed by atoms with Gasteiger partial charge in [0.25, 0.3) is 6.43 Å². The maximum absolute atomic E-state index is 17.3. The van der Waals surface area contributed by atoms with Gasteiger partial charge in [-0.2, -0.15) is 28.4 Å². The molecule has 0 spiro atoms. The summed E-state index contributed by atoms with van der Waals surface area (Å²) in [7, 11) is 0. The Hall–Kier alpha value is -4.14. The molecule has 278 valence electrons. The number of aliphatic hydroxyl groups is 1. The molecule has 2 aromatic carbocycles. The monoisotopic (exact) mass is 752 g/mol. The first-order valence-corrected chi connectivity index (χ1v) is 17.8. The molecule has 52 heavy (non-hydrogen) atoms. The Balaban J connectivity index is 1.55. The summed E-state index contributed by atoms with van der Waals surface area (Å²) in [6, 6.07) is 1.74. The van der Waals surface area contributed by atoms with Crippen molar-refractivity contribution in [3.8, 4) is 29.0 Å². The van der Waals surface area contributed by atoms with Crippen LogP contribution in [0.25, 0.3) is 32.1 Å². The van der Waals surface area contributed by atoms with Crippen LogP contribution < -0.4 is 19.7 Å². The number of nitriles is 1. The molecular formula is C35H35F7N6O3S. The van der Waals surface area contributed by atoms with Gasteiger partial charge in [-0.3, -0.25) is 4.90 Å². The lowest BCUT2D eigenvalue weighted by atomic mass is 9.91. The number of benzene rings is 2. The minimum atomic E-state index is -5.35. The van der Waals surface area contributed by atoms with Crippen LogP contribution in [0.5, 0.6) is 11.8 Å². The van der Waals surface area contributed by atoms with Crippen LogP contribution in [0, 0.1) is 23.0 Å². The summed E-state index contributed by atoms with van der Waals surface area (Å²) < 4.78 is 119. The Morgan fingerprint density at radius 2 is 1.85 bits per heavy atom. The molecule has 2 saturated heterocycles. The number of hydrogen-bond acceptors (Lipinski definition) is 10. The van der Waals surface area contributed by atoms with Crippen molar-refractivity contribution in [3.63, 3.8) is 0 Å². The van der Waals surface area contributed by atoms with Crippen molar-refractivity contribution >= 4 is 43.1 Å². The van der Waals surface area contributed by atoms with E-state index in [-0.39, 0.29) is 38.8 Å². The maximum atomic E-state index is 17.3. The van der Waals surface area contributed by atoms with Gasteiger partial charge in [0.1, 0.15) is 52.7 Å². The molecule has 0 radical (unpaired) electrons. The lowest BCUT2D eigenvalue weighted by Gasteiger charge is -2.33. The minimum Gasteiger partial charge on any atom is -0.490 e. The molecule has 9 nitrogen and oxygen atoms in total. The van der Waals surface area contributed by atoms with Gasteiger partial charge < -0.3 is 24.8 Å². The number of hydrogen-bond donors (Lipinski definition) is 2. The largest absolute Gasteiger partial charge is 0.490 e. The van der Waals surface area contributed by atoms with Gasteiger partial charge in [-0.05, 0) is 71.2 Å². The normalized spacial score (nSPS) is 19.3. The van der Waals surface area contributed by atoms with E-state index in [9.17, 15) is 19.1 Å². The van der Waals surface area contributed by atoms with E-state index in [2.05, 4.69) is 20.2 Å². The van der Waals surface area contributed by atoms with Crippen molar-refractivity contribution in [1.82, 2.24) is 14.9 Å². The zero-order valence-corrected chi connectivity index (χ0v) is 29.2. The highest BCUT2D eigenvalue weighted by Gasteiger charge is 2.47. The fourth-order valence-electron chi connectivity index (χ4n) is 7.90. The van der Waals surface area contributed by atoms with Gasteiger partial charge in [-0.1, -0.05) is 6.07 Å². The summed E-state index contributed by atoms with van der Waals surface area (Å²) in [5.41, 5.74) is -4.43. The molecule has 3 aliphatic heterocycles. The van der Waals surface area contributed by atoms with Crippen LogP contribution in [0.4, 0.5) is 41.6 Å². The molecule has 0 saturated carbocycles. The van der Waals surface area contributed by atoms with Gasteiger partial charge >= 0.3 is 12.2 Å². The average molecular weight is 753 g/mol. The second-order valence-electron chi connectivity index (χ2n) is 13.8. The molecule has 2 unspecified atom stereocenters. The number of ether oxygens (including phenoxy) is 2. The Morgan fingerprint density at radius 1 is 1.13 bits per heavy atom. The molecule has 2 aromatic heterocycles. The second kappa shape index (κ2) is 13.4. The number of alkyl halides is 5. The van der Waals surface area contributed by atoms with E-state index in [0.717, 1.165) is 67.1 Å². The van der Waals surface area contributed by atoms with Gasteiger partial charge in [0.15, 0.2) is 5.82 Å². The number of aromatic nitrogens is 2. The maximum Gasteiger partial charge on any atom is 0.420 e. The minimum absolute atomic E-state index is 0.0652. The van der Waals surface area contributed by atoms with Crippen LogP contribution in [-0.2, 0) is 6.18 Å². The van der Waals surface area contributed by atoms with Crippen molar-refractivity contribution in [1.29, 1.82) is 5.26 Å². The Bertz CT molecular complexity index is 2070. The SMILES string of the molecule is CC(C)Nc1sc2c(F)ccc(-c3c(C(F)(F)F)c4c5c(nc(OCC67CCCN6CCC7)nc5c3F)N(CC(F)F)C(C(C)O)CO4)c2c1C#N. The van der Waals surface area contributed by atoms with E-state index < -0.39 is 94.7 Å². The number of thiophene rings is 1. The van der Waals surface area contributed by atoms with Crippen LogP contribution in [-0.4, -0.2) is 83.0 Å². The molecule has 3 aliphatic rings. The van der Waals surface area contributed by atoms with Gasteiger partial charge in [-0.15, -0.1) is 11.3 Å². The van der Waals surface area contributed by atoms with Gasteiger partial charge in [0, 0.05) is 17.0 Å². The lowest BCUT2D eigenvalue weighted by molar-refractivity contribution is -0.138. The molecular weight excluding hydrogens is 717 g/mol. The van der Waals surface area contributed by atoms with Crippen LogP contribution in [0.15, 0.2) is 12.1 Å². The quantitative estimate of drug-likeness (QED) is 0.166. The van der Waals surface area contributed by atoms with Crippen molar-refractivity contribution in [2.24, 2.45) is 0 Å². The molecule has 2 fully saturated rings. The third kappa shape index (κ3) is 6.02. The zero-order chi connectivity index (χ0) is 37.3. The van der Waals surface area contributed by atoms with E-state index in [4.69, 9.17) is 9.47 Å². The van der Waals surface area contributed by atoms with Crippen molar-refractivity contribution in [3.05, 3.63) is 34.9 Å². The van der Waals surface area contributed by atoms with E-state index in [0.29, 0.717) is 0 Å². The summed E-state index contributed by atoms with van der Waals surface area (Å²) in [5.74, 6) is -3.84. The summed E-state index contributed by atoms with van der Waals surface area (Å²) in [5, 5.41) is 23.2. The standard InChI is InChI=1S/C35H35F7N6O3S/c1-16(2)44-32-19(12-43)23-18(6-7-20(36)30(23)52-32)24-26(35(40,41)42)29-25-28(27(24)39)45-33(51-15-34-8-4-10-47(34)11-5-9-34)46-31(25)48(13-22(37)38)21(14-50-29)17(3)49/h6-7,16-17,21-22,44,49H,4-5,8-11,13-15H2,1-3H3. The molecule has 0 bridgehead atoms. The third-order valence-electron chi connectivity index (χ3n) is 10.1. The number of aliphatic hydroxyl groups excluding tert-OH is 1. The van der Waals surface area contributed by atoms with Gasteiger partial charge in [0.2, 0.25) is 0 Å². The van der Waals surface area contributed by atoms with Crippen LogP contribution in [0.1, 0.15) is 57.6 Å². The zero-order valence-electron chi connectivity index (χ0n) is 28.4. The van der Waals surface area contributed by atoms with Crippen molar-refractivity contribution < 1.29 is 45.3 Å². The molecule has 4 aromatic rings. The summed E-state index contributed by atoms with van der Waals surface area (Å²) >= 11 is 0.801. The Kier molecular flexibility index (Phi) is 9.31.